The fraction of sp³-hybridized carbons (Fsp3) is 0.609. The lowest BCUT2D eigenvalue weighted by molar-refractivity contribution is -0.130. The molecular formula is C23H32FNO2. The molecule has 1 aromatic rings. The van der Waals surface area contributed by atoms with Crippen molar-refractivity contribution in [3.63, 3.8) is 0 Å². The third-order valence-corrected chi connectivity index (χ3v) is 6.80. The molecule has 0 radical (unpaired) electrons. The first kappa shape index (κ1) is 19.9. The molecule has 0 bridgehead atoms. The standard InChI is InChI=1S/C23H32FNO2/c1-3-16-4-6-17(7-5-16)18-8-10-19(11-9-18)20-12-13-22(21(24)14-20)27-23(26)15(2)25/h12-14,16-19H,2-11,25H2,1H3. The molecule has 0 heterocycles. The Hall–Kier alpha value is -1.84. The Labute approximate surface area is 162 Å². The monoisotopic (exact) mass is 373 g/mol. The molecule has 27 heavy (non-hydrogen) atoms. The van der Waals surface area contributed by atoms with Gasteiger partial charge in [0, 0.05) is 0 Å². The van der Waals surface area contributed by atoms with Crippen molar-refractivity contribution in [2.75, 3.05) is 0 Å². The number of hydrogen-bond donors (Lipinski definition) is 1. The molecule has 0 unspecified atom stereocenters. The van der Waals surface area contributed by atoms with Gasteiger partial charge in [-0.1, -0.05) is 38.8 Å². The maximum atomic E-state index is 14.3. The fourth-order valence-corrected chi connectivity index (χ4v) is 5.01. The molecule has 2 aliphatic rings. The molecule has 2 N–H and O–H groups in total. The predicted octanol–water partition coefficient (Wildman–Crippen LogP) is 5.69. The van der Waals surface area contributed by atoms with Crippen molar-refractivity contribution in [3.05, 3.63) is 41.9 Å². The normalized spacial score (nSPS) is 28.5. The zero-order chi connectivity index (χ0) is 19.4. The lowest BCUT2D eigenvalue weighted by Crippen LogP contribution is -2.25. The molecule has 2 fully saturated rings. The van der Waals surface area contributed by atoms with Gasteiger partial charge in [-0.3, -0.25) is 0 Å². The minimum atomic E-state index is -0.806. The van der Waals surface area contributed by atoms with E-state index in [4.69, 9.17) is 10.5 Å². The second-order valence-corrected chi connectivity index (χ2v) is 8.41. The van der Waals surface area contributed by atoms with E-state index < -0.39 is 11.8 Å². The Morgan fingerprint density at radius 1 is 1.11 bits per heavy atom. The van der Waals surface area contributed by atoms with Gasteiger partial charge in [0.05, 0.1) is 0 Å². The average Bonchev–Trinajstić information content (AvgIpc) is 2.69. The van der Waals surface area contributed by atoms with Crippen LogP contribution in [0.2, 0.25) is 0 Å². The highest BCUT2D eigenvalue weighted by molar-refractivity contribution is 5.88. The summed E-state index contributed by atoms with van der Waals surface area (Å²) in [5.74, 6) is 1.69. The van der Waals surface area contributed by atoms with Crippen molar-refractivity contribution in [1.82, 2.24) is 0 Å². The summed E-state index contributed by atoms with van der Waals surface area (Å²) in [6.45, 7) is 5.62. The molecule has 0 aliphatic heterocycles. The highest BCUT2D eigenvalue weighted by atomic mass is 19.1. The number of rotatable bonds is 5. The van der Waals surface area contributed by atoms with E-state index in [1.54, 1.807) is 0 Å². The average molecular weight is 374 g/mol. The van der Waals surface area contributed by atoms with Crippen LogP contribution in [0.15, 0.2) is 30.5 Å². The van der Waals surface area contributed by atoms with E-state index in [0.29, 0.717) is 5.92 Å². The quantitative estimate of drug-likeness (QED) is 0.409. The molecule has 2 aliphatic carbocycles. The van der Waals surface area contributed by atoms with E-state index >= 15 is 0 Å². The van der Waals surface area contributed by atoms with E-state index in [0.717, 1.165) is 36.2 Å². The molecule has 0 spiro atoms. The van der Waals surface area contributed by atoms with Crippen molar-refractivity contribution in [3.8, 4) is 5.75 Å². The van der Waals surface area contributed by atoms with Gasteiger partial charge in [0.2, 0.25) is 0 Å². The van der Waals surface area contributed by atoms with E-state index in [2.05, 4.69) is 13.5 Å². The smallest absolute Gasteiger partial charge is 0.359 e. The first-order valence-electron chi connectivity index (χ1n) is 10.4. The van der Waals surface area contributed by atoms with Gasteiger partial charge >= 0.3 is 5.97 Å². The van der Waals surface area contributed by atoms with E-state index in [1.807, 2.05) is 6.07 Å². The molecule has 2 saturated carbocycles. The zero-order valence-electron chi connectivity index (χ0n) is 16.4. The van der Waals surface area contributed by atoms with Gasteiger partial charge in [0.1, 0.15) is 5.70 Å². The van der Waals surface area contributed by atoms with Crippen LogP contribution < -0.4 is 10.5 Å². The Morgan fingerprint density at radius 3 is 2.22 bits per heavy atom. The molecule has 3 nitrogen and oxygen atoms in total. The lowest BCUT2D eigenvalue weighted by atomic mass is 9.68. The van der Waals surface area contributed by atoms with Gasteiger partial charge < -0.3 is 10.5 Å². The number of carbonyl (C=O) groups is 1. The maximum absolute atomic E-state index is 14.3. The first-order chi connectivity index (χ1) is 13.0. The molecule has 0 amide bonds. The summed E-state index contributed by atoms with van der Waals surface area (Å²) >= 11 is 0. The molecule has 148 valence electrons. The van der Waals surface area contributed by atoms with Gasteiger partial charge in [0.15, 0.2) is 11.6 Å². The minimum Gasteiger partial charge on any atom is -0.419 e. The van der Waals surface area contributed by atoms with E-state index in [1.165, 1.54) is 57.1 Å². The number of esters is 1. The zero-order valence-corrected chi connectivity index (χ0v) is 16.4. The lowest BCUT2D eigenvalue weighted by Gasteiger charge is -2.38. The van der Waals surface area contributed by atoms with Crippen molar-refractivity contribution in [1.29, 1.82) is 0 Å². The van der Waals surface area contributed by atoms with Gasteiger partial charge in [-0.15, -0.1) is 0 Å². The molecule has 1 aromatic carbocycles. The molecule has 0 saturated heterocycles. The molecule has 0 atom stereocenters. The molecule has 3 rings (SSSR count). The van der Waals surface area contributed by atoms with E-state index in [9.17, 15) is 9.18 Å². The number of carbonyl (C=O) groups excluding carboxylic acids is 1. The van der Waals surface area contributed by atoms with Crippen LogP contribution in [-0.2, 0) is 4.79 Å². The highest BCUT2D eigenvalue weighted by Gasteiger charge is 2.31. The van der Waals surface area contributed by atoms with Crippen molar-refractivity contribution in [2.24, 2.45) is 23.5 Å². The van der Waals surface area contributed by atoms with Crippen LogP contribution in [0.25, 0.3) is 0 Å². The third-order valence-electron chi connectivity index (χ3n) is 6.80. The van der Waals surface area contributed by atoms with Gasteiger partial charge in [-0.05, 0) is 79.9 Å². The van der Waals surface area contributed by atoms with Gasteiger partial charge in [-0.25, -0.2) is 9.18 Å². The van der Waals surface area contributed by atoms with Crippen LogP contribution in [0, 0.1) is 23.6 Å². The summed E-state index contributed by atoms with van der Waals surface area (Å²) in [5, 5.41) is 0. The number of hydrogen-bond acceptors (Lipinski definition) is 3. The summed E-state index contributed by atoms with van der Waals surface area (Å²) in [6, 6.07) is 4.92. The number of benzene rings is 1. The van der Waals surface area contributed by atoms with Gasteiger partial charge in [0.25, 0.3) is 0 Å². The van der Waals surface area contributed by atoms with E-state index in [-0.39, 0.29) is 11.4 Å². The minimum absolute atomic E-state index is 0.0864. The number of ether oxygens (including phenoxy) is 1. The first-order valence-corrected chi connectivity index (χ1v) is 10.4. The topological polar surface area (TPSA) is 52.3 Å². The van der Waals surface area contributed by atoms with Crippen molar-refractivity contribution < 1.29 is 13.9 Å². The fourth-order valence-electron chi connectivity index (χ4n) is 5.01. The van der Waals surface area contributed by atoms with Crippen molar-refractivity contribution in [2.45, 2.75) is 70.6 Å². The summed E-state index contributed by atoms with van der Waals surface area (Å²) in [4.78, 5) is 11.5. The summed E-state index contributed by atoms with van der Waals surface area (Å²) in [5.41, 5.74) is 6.05. The highest BCUT2D eigenvalue weighted by Crippen LogP contribution is 2.44. The molecule has 4 heteroatoms. The largest absolute Gasteiger partial charge is 0.419 e. The molecule has 0 aromatic heterocycles. The Balaban J connectivity index is 1.54. The Kier molecular flexibility index (Phi) is 6.56. The number of nitrogens with two attached hydrogens (primary N) is 1. The second kappa shape index (κ2) is 8.90. The third kappa shape index (κ3) is 4.91. The van der Waals surface area contributed by atoms with Gasteiger partial charge in [-0.2, -0.15) is 0 Å². The van der Waals surface area contributed by atoms with Crippen LogP contribution in [0.1, 0.15) is 76.2 Å². The summed E-state index contributed by atoms with van der Waals surface area (Å²) in [7, 11) is 0. The van der Waals surface area contributed by atoms with Crippen LogP contribution in [0.3, 0.4) is 0 Å². The van der Waals surface area contributed by atoms with Crippen LogP contribution in [0.5, 0.6) is 5.75 Å². The van der Waals surface area contributed by atoms with Crippen LogP contribution in [-0.4, -0.2) is 5.97 Å². The second-order valence-electron chi connectivity index (χ2n) is 8.41. The molecular weight excluding hydrogens is 341 g/mol. The Bertz CT molecular complexity index is 671. The predicted molar refractivity (Wildman–Crippen MR) is 106 cm³/mol. The summed E-state index contributed by atoms with van der Waals surface area (Å²) in [6.07, 6.45) is 11.7. The van der Waals surface area contributed by atoms with Crippen LogP contribution >= 0.6 is 0 Å². The van der Waals surface area contributed by atoms with Crippen molar-refractivity contribution >= 4 is 5.97 Å². The summed E-state index contributed by atoms with van der Waals surface area (Å²) < 4.78 is 19.2. The SMILES string of the molecule is C=C(N)C(=O)Oc1ccc(C2CCC(C3CCC(CC)CC3)CC2)cc1F. The van der Waals surface area contributed by atoms with Crippen LogP contribution in [0.4, 0.5) is 4.39 Å². The number of halogens is 1. The Morgan fingerprint density at radius 2 is 1.70 bits per heavy atom. The maximum Gasteiger partial charge on any atom is 0.359 e.